The molecule has 0 bridgehead atoms. The van der Waals surface area contributed by atoms with Gasteiger partial charge < -0.3 is 5.11 Å². The molecule has 0 aliphatic heterocycles. The van der Waals surface area contributed by atoms with Gasteiger partial charge in [0.15, 0.2) is 0 Å². The first kappa shape index (κ1) is 19.5. The standard InChI is InChI=1S/C24H32OS/c1-17(2)23-13-12-18(3)14-24(23,25)15-19-8-4-6-10-21(19)22-11-7-5-9-20(22)16-26/h4-11,17-18,23,25-26H,12-16H2,1-3H3/t18-,23+,24?/m1/s1. The van der Waals surface area contributed by atoms with E-state index in [0.29, 0.717) is 17.8 Å². The van der Waals surface area contributed by atoms with Crippen molar-refractivity contribution < 1.29 is 5.11 Å². The van der Waals surface area contributed by atoms with Crippen LogP contribution in [0.5, 0.6) is 0 Å². The Kier molecular flexibility index (Phi) is 6.14. The minimum absolute atomic E-state index is 0.367. The summed E-state index contributed by atoms with van der Waals surface area (Å²) in [5, 5.41) is 11.7. The summed E-state index contributed by atoms with van der Waals surface area (Å²) in [6.45, 7) is 6.80. The number of benzene rings is 2. The summed E-state index contributed by atoms with van der Waals surface area (Å²) in [6.07, 6.45) is 4.00. The molecule has 1 nitrogen and oxygen atoms in total. The normalized spacial score (nSPS) is 26.2. The lowest BCUT2D eigenvalue weighted by molar-refractivity contribution is -0.0794. The Bertz CT molecular complexity index is 738. The molecule has 0 spiro atoms. The molecular weight excluding hydrogens is 336 g/mol. The van der Waals surface area contributed by atoms with E-state index in [4.69, 9.17) is 0 Å². The lowest BCUT2D eigenvalue weighted by Crippen LogP contribution is -2.47. The van der Waals surface area contributed by atoms with Gasteiger partial charge in [-0.15, -0.1) is 0 Å². The largest absolute Gasteiger partial charge is 0.389 e. The Hall–Kier alpha value is -1.25. The lowest BCUT2D eigenvalue weighted by Gasteiger charge is -2.45. The second kappa shape index (κ2) is 8.19. The van der Waals surface area contributed by atoms with Gasteiger partial charge in [-0.2, -0.15) is 12.6 Å². The van der Waals surface area contributed by atoms with Crippen molar-refractivity contribution >= 4 is 12.6 Å². The zero-order valence-electron chi connectivity index (χ0n) is 16.3. The van der Waals surface area contributed by atoms with Crippen LogP contribution in [0, 0.1) is 17.8 Å². The van der Waals surface area contributed by atoms with Crippen LogP contribution in [0.15, 0.2) is 48.5 Å². The average molecular weight is 369 g/mol. The van der Waals surface area contributed by atoms with E-state index >= 15 is 0 Å². The highest BCUT2D eigenvalue weighted by atomic mass is 32.1. The van der Waals surface area contributed by atoms with Crippen molar-refractivity contribution in [3.63, 3.8) is 0 Å². The minimum Gasteiger partial charge on any atom is -0.389 e. The Morgan fingerprint density at radius 3 is 2.19 bits per heavy atom. The predicted octanol–water partition coefficient (Wildman–Crippen LogP) is 6.15. The Morgan fingerprint density at radius 2 is 1.58 bits per heavy atom. The predicted molar refractivity (Wildman–Crippen MR) is 115 cm³/mol. The molecule has 0 aromatic heterocycles. The van der Waals surface area contributed by atoms with Crippen molar-refractivity contribution in [1.82, 2.24) is 0 Å². The van der Waals surface area contributed by atoms with E-state index in [-0.39, 0.29) is 0 Å². The monoisotopic (exact) mass is 368 g/mol. The molecule has 140 valence electrons. The summed E-state index contributed by atoms with van der Waals surface area (Å²) >= 11 is 4.52. The Labute approximate surface area is 164 Å². The van der Waals surface area contributed by atoms with Gasteiger partial charge in [0, 0.05) is 12.2 Å². The van der Waals surface area contributed by atoms with Crippen molar-refractivity contribution in [2.45, 2.75) is 57.8 Å². The van der Waals surface area contributed by atoms with Gasteiger partial charge in [0.2, 0.25) is 0 Å². The SMILES string of the molecule is CC(C)[C@@H]1CC[C@@H](C)CC1(O)Cc1ccccc1-c1ccccc1CS. The summed E-state index contributed by atoms with van der Waals surface area (Å²) in [4.78, 5) is 0. The molecule has 1 N–H and O–H groups in total. The van der Waals surface area contributed by atoms with Crippen LogP contribution in [0.25, 0.3) is 11.1 Å². The zero-order chi connectivity index (χ0) is 18.7. The third-order valence-electron chi connectivity index (χ3n) is 6.16. The second-order valence-electron chi connectivity index (χ2n) is 8.49. The van der Waals surface area contributed by atoms with Gasteiger partial charge in [0.25, 0.3) is 0 Å². The van der Waals surface area contributed by atoms with Crippen LogP contribution in [-0.4, -0.2) is 10.7 Å². The topological polar surface area (TPSA) is 20.2 Å². The molecule has 1 aliphatic rings. The van der Waals surface area contributed by atoms with Gasteiger partial charge in [0.05, 0.1) is 5.60 Å². The smallest absolute Gasteiger partial charge is 0.0721 e. The molecule has 26 heavy (non-hydrogen) atoms. The third-order valence-corrected chi connectivity index (χ3v) is 6.50. The maximum Gasteiger partial charge on any atom is 0.0721 e. The van der Waals surface area contributed by atoms with Gasteiger partial charge in [-0.05, 0) is 52.8 Å². The highest BCUT2D eigenvalue weighted by Crippen LogP contribution is 2.44. The van der Waals surface area contributed by atoms with E-state index < -0.39 is 5.60 Å². The molecule has 3 atom stereocenters. The Balaban J connectivity index is 2.00. The van der Waals surface area contributed by atoms with Crippen molar-refractivity contribution in [3.8, 4) is 11.1 Å². The summed E-state index contributed by atoms with van der Waals surface area (Å²) in [5.74, 6) is 2.18. The molecule has 0 radical (unpaired) electrons. The van der Waals surface area contributed by atoms with Gasteiger partial charge in [-0.3, -0.25) is 0 Å². The molecule has 1 saturated carbocycles. The van der Waals surface area contributed by atoms with E-state index in [2.05, 4.69) is 81.9 Å². The molecule has 1 aliphatic carbocycles. The molecule has 0 amide bonds. The van der Waals surface area contributed by atoms with Gasteiger partial charge >= 0.3 is 0 Å². The van der Waals surface area contributed by atoms with Crippen LogP contribution in [-0.2, 0) is 12.2 Å². The van der Waals surface area contributed by atoms with Crippen LogP contribution in [0.3, 0.4) is 0 Å². The summed E-state index contributed by atoms with van der Waals surface area (Å²) < 4.78 is 0. The van der Waals surface area contributed by atoms with Crippen LogP contribution < -0.4 is 0 Å². The number of rotatable bonds is 5. The molecule has 2 aromatic rings. The molecule has 0 saturated heterocycles. The number of hydrogen-bond donors (Lipinski definition) is 2. The number of thiol groups is 1. The summed E-state index contributed by atoms with van der Waals surface area (Å²) in [7, 11) is 0. The van der Waals surface area contributed by atoms with Crippen molar-refractivity contribution in [1.29, 1.82) is 0 Å². The Morgan fingerprint density at radius 1 is 1.00 bits per heavy atom. The third kappa shape index (κ3) is 4.02. The molecule has 1 fully saturated rings. The fourth-order valence-electron chi connectivity index (χ4n) is 4.93. The number of hydrogen-bond acceptors (Lipinski definition) is 2. The van der Waals surface area contributed by atoms with E-state index in [0.717, 1.165) is 25.0 Å². The van der Waals surface area contributed by atoms with Gasteiger partial charge in [-0.1, -0.05) is 75.7 Å². The van der Waals surface area contributed by atoms with Crippen LogP contribution in [0.2, 0.25) is 0 Å². The summed E-state index contributed by atoms with van der Waals surface area (Å²) in [5.41, 5.74) is 4.37. The first-order valence-corrected chi connectivity index (χ1v) is 10.6. The molecule has 3 rings (SSSR count). The minimum atomic E-state index is -0.613. The second-order valence-corrected chi connectivity index (χ2v) is 8.81. The molecular formula is C24H32OS. The first-order valence-electron chi connectivity index (χ1n) is 9.94. The van der Waals surface area contributed by atoms with E-state index in [1.807, 2.05) is 0 Å². The average Bonchev–Trinajstić information content (AvgIpc) is 2.61. The van der Waals surface area contributed by atoms with Crippen LogP contribution in [0.1, 0.15) is 51.2 Å². The van der Waals surface area contributed by atoms with E-state index in [1.54, 1.807) is 0 Å². The summed E-state index contributed by atoms with van der Waals surface area (Å²) in [6, 6.07) is 17.1. The molecule has 0 heterocycles. The van der Waals surface area contributed by atoms with Crippen LogP contribution in [0.4, 0.5) is 0 Å². The molecule has 1 unspecified atom stereocenters. The zero-order valence-corrected chi connectivity index (χ0v) is 17.2. The van der Waals surface area contributed by atoms with Crippen molar-refractivity contribution in [3.05, 3.63) is 59.7 Å². The van der Waals surface area contributed by atoms with Gasteiger partial charge in [0.1, 0.15) is 0 Å². The van der Waals surface area contributed by atoms with E-state index in [9.17, 15) is 5.11 Å². The maximum atomic E-state index is 11.7. The molecule has 2 aromatic carbocycles. The first-order chi connectivity index (χ1) is 12.4. The number of aliphatic hydroxyl groups is 1. The maximum absolute atomic E-state index is 11.7. The van der Waals surface area contributed by atoms with E-state index in [1.165, 1.54) is 28.7 Å². The van der Waals surface area contributed by atoms with Crippen molar-refractivity contribution in [2.24, 2.45) is 17.8 Å². The highest BCUT2D eigenvalue weighted by Gasteiger charge is 2.42. The quantitative estimate of drug-likeness (QED) is 0.607. The van der Waals surface area contributed by atoms with Crippen LogP contribution >= 0.6 is 12.6 Å². The fraction of sp³-hybridized carbons (Fsp3) is 0.500. The van der Waals surface area contributed by atoms with Gasteiger partial charge in [-0.25, -0.2) is 0 Å². The fourth-order valence-corrected chi connectivity index (χ4v) is 5.21. The highest BCUT2D eigenvalue weighted by molar-refractivity contribution is 7.79. The lowest BCUT2D eigenvalue weighted by atomic mass is 9.64. The molecule has 2 heteroatoms. The van der Waals surface area contributed by atoms with Crippen molar-refractivity contribution in [2.75, 3.05) is 0 Å².